The molecule has 0 fully saturated rings. The first kappa shape index (κ1) is 16.0. The number of carbonyl (C=O) groups is 1. The highest BCUT2D eigenvalue weighted by Crippen LogP contribution is 2.14. The topological polar surface area (TPSA) is 53.5 Å². The number of halogens is 2. The van der Waals surface area contributed by atoms with Gasteiger partial charge in [-0.05, 0) is 48.9 Å². The van der Waals surface area contributed by atoms with Gasteiger partial charge in [0.15, 0.2) is 0 Å². The molecule has 0 heterocycles. The van der Waals surface area contributed by atoms with E-state index in [9.17, 15) is 9.18 Å². The highest BCUT2D eigenvalue weighted by Gasteiger charge is 2.11. The minimum Gasteiger partial charge on any atom is -0.374 e. The van der Waals surface area contributed by atoms with Crippen molar-refractivity contribution in [2.45, 2.75) is 13.0 Å². The first-order valence-electron chi connectivity index (χ1n) is 6.65. The van der Waals surface area contributed by atoms with Gasteiger partial charge in [0.2, 0.25) is 0 Å². The van der Waals surface area contributed by atoms with Gasteiger partial charge in [-0.3, -0.25) is 4.79 Å². The number of benzene rings is 2. The number of hydrazone groups is 1. The fourth-order valence-electron chi connectivity index (χ4n) is 1.68. The maximum atomic E-state index is 12.7. The van der Waals surface area contributed by atoms with Crippen molar-refractivity contribution in [1.82, 2.24) is 5.43 Å². The maximum Gasteiger partial charge on any atom is 0.262 e. The summed E-state index contributed by atoms with van der Waals surface area (Å²) >= 11 is 5.80. The standard InChI is InChI=1S/C16H15ClFN3O/c1-11(20-15-8-4-13(17)5-9-15)16(22)21-19-10-12-2-6-14(18)7-3-12/h2-11,20H,1H3,(H,21,22)/b19-10-/t11-/m1/s1. The summed E-state index contributed by atoms with van der Waals surface area (Å²) in [5.41, 5.74) is 3.91. The van der Waals surface area contributed by atoms with Crippen LogP contribution in [0.4, 0.5) is 10.1 Å². The molecule has 0 aliphatic carbocycles. The van der Waals surface area contributed by atoms with Gasteiger partial charge in [0.1, 0.15) is 11.9 Å². The van der Waals surface area contributed by atoms with Crippen molar-refractivity contribution in [3.8, 4) is 0 Å². The quantitative estimate of drug-likeness (QED) is 0.655. The number of nitrogens with zero attached hydrogens (tertiary/aromatic N) is 1. The van der Waals surface area contributed by atoms with E-state index in [1.54, 1.807) is 43.3 Å². The summed E-state index contributed by atoms with van der Waals surface area (Å²) in [7, 11) is 0. The molecule has 2 aromatic rings. The van der Waals surface area contributed by atoms with Crippen molar-refractivity contribution in [1.29, 1.82) is 0 Å². The molecule has 22 heavy (non-hydrogen) atoms. The third-order valence-corrected chi connectivity index (χ3v) is 3.13. The second-order valence-corrected chi connectivity index (χ2v) is 5.10. The highest BCUT2D eigenvalue weighted by atomic mass is 35.5. The fraction of sp³-hybridized carbons (Fsp3) is 0.125. The van der Waals surface area contributed by atoms with Crippen LogP contribution in [0, 0.1) is 5.82 Å². The third-order valence-electron chi connectivity index (χ3n) is 2.88. The lowest BCUT2D eigenvalue weighted by Crippen LogP contribution is -2.34. The molecule has 2 rings (SSSR count). The lowest BCUT2D eigenvalue weighted by molar-refractivity contribution is -0.121. The zero-order valence-corrected chi connectivity index (χ0v) is 12.6. The normalized spacial score (nSPS) is 12.1. The van der Waals surface area contributed by atoms with E-state index in [1.165, 1.54) is 18.3 Å². The fourth-order valence-corrected chi connectivity index (χ4v) is 1.80. The van der Waals surface area contributed by atoms with Gasteiger partial charge in [0, 0.05) is 10.7 Å². The minimum atomic E-state index is -0.466. The van der Waals surface area contributed by atoms with Gasteiger partial charge >= 0.3 is 0 Å². The molecule has 0 radical (unpaired) electrons. The SMILES string of the molecule is C[C@@H](Nc1ccc(Cl)cc1)C(=O)N/N=C\c1ccc(F)cc1. The molecule has 1 amide bonds. The molecule has 0 spiro atoms. The Morgan fingerprint density at radius 2 is 1.82 bits per heavy atom. The van der Waals surface area contributed by atoms with E-state index in [0.29, 0.717) is 10.6 Å². The Kier molecular flexibility index (Phi) is 5.49. The van der Waals surface area contributed by atoms with Crippen molar-refractivity contribution in [3.05, 3.63) is 64.9 Å². The Balaban J connectivity index is 1.85. The van der Waals surface area contributed by atoms with Crippen molar-refractivity contribution in [2.24, 2.45) is 5.10 Å². The van der Waals surface area contributed by atoms with Crippen molar-refractivity contribution < 1.29 is 9.18 Å². The van der Waals surface area contributed by atoms with Crippen LogP contribution in [0.25, 0.3) is 0 Å². The second kappa shape index (κ2) is 7.56. The molecule has 4 nitrogen and oxygen atoms in total. The van der Waals surface area contributed by atoms with Gasteiger partial charge in [0.05, 0.1) is 6.21 Å². The van der Waals surface area contributed by atoms with Gasteiger partial charge in [0.25, 0.3) is 5.91 Å². The Morgan fingerprint density at radius 1 is 1.18 bits per heavy atom. The first-order chi connectivity index (χ1) is 10.5. The average Bonchev–Trinajstić information content (AvgIpc) is 2.51. The van der Waals surface area contributed by atoms with Gasteiger partial charge in [-0.2, -0.15) is 5.10 Å². The van der Waals surface area contributed by atoms with E-state index < -0.39 is 6.04 Å². The molecule has 114 valence electrons. The molecule has 0 aromatic heterocycles. The van der Waals surface area contributed by atoms with Crippen molar-refractivity contribution >= 4 is 29.4 Å². The van der Waals surface area contributed by atoms with Crippen molar-refractivity contribution in [3.63, 3.8) is 0 Å². The zero-order valence-electron chi connectivity index (χ0n) is 11.9. The van der Waals surface area contributed by atoms with Crippen LogP contribution in [0.5, 0.6) is 0 Å². The van der Waals surface area contributed by atoms with Crippen LogP contribution in [0.15, 0.2) is 53.6 Å². The molecule has 0 unspecified atom stereocenters. The Bertz CT molecular complexity index is 656. The Morgan fingerprint density at radius 3 is 2.45 bits per heavy atom. The van der Waals surface area contributed by atoms with Crippen LogP contribution < -0.4 is 10.7 Å². The molecule has 2 N–H and O–H groups in total. The minimum absolute atomic E-state index is 0.284. The summed E-state index contributed by atoms with van der Waals surface area (Å²) in [6.07, 6.45) is 1.45. The Hall–Kier alpha value is -2.40. The van der Waals surface area contributed by atoms with E-state index in [-0.39, 0.29) is 11.7 Å². The van der Waals surface area contributed by atoms with E-state index in [4.69, 9.17) is 11.6 Å². The molecule has 0 aliphatic heterocycles. The summed E-state index contributed by atoms with van der Waals surface area (Å²) < 4.78 is 12.7. The van der Waals surface area contributed by atoms with E-state index in [2.05, 4.69) is 15.8 Å². The summed E-state index contributed by atoms with van der Waals surface area (Å²) in [5, 5.41) is 7.50. The van der Waals surface area contributed by atoms with E-state index in [0.717, 1.165) is 5.69 Å². The smallest absolute Gasteiger partial charge is 0.262 e. The monoisotopic (exact) mass is 319 g/mol. The number of carbonyl (C=O) groups excluding carboxylic acids is 1. The van der Waals surface area contributed by atoms with Crippen LogP contribution >= 0.6 is 11.6 Å². The molecule has 1 atom stereocenters. The molecule has 0 saturated heterocycles. The van der Waals surface area contributed by atoms with Crippen LogP contribution in [-0.2, 0) is 4.79 Å². The van der Waals surface area contributed by atoms with Gasteiger partial charge < -0.3 is 5.32 Å². The number of hydrogen-bond acceptors (Lipinski definition) is 3. The number of amides is 1. The highest BCUT2D eigenvalue weighted by molar-refractivity contribution is 6.30. The van der Waals surface area contributed by atoms with Crippen molar-refractivity contribution in [2.75, 3.05) is 5.32 Å². The largest absolute Gasteiger partial charge is 0.374 e. The lowest BCUT2D eigenvalue weighted by atomic mass is 10.2. The number of rotatable bonds is 5. The summed E-state index contributed by atoms with van der Waals surface area (Å²) in [6, 6.07) is 12.4. The molecule has 0 bridgehead atoms. The molecule has 0 saturated carbocycles. The molecule has 2 aromatic carbocycles. The van der Waals surface area contributed by atoms with Crippen LogP contribution in [0.1, 0.15) is 12.5 Å². The molecular formula is C16H15ClFN3O. The van der Waals surface area contributed by atoms with E-state index in [1.807, 2.05) is 0 Å². The maximum absolute atomic E-state index is 12.7. The lowest BCUT2D eigenvalue weighted by Gasteiger charge is -2.13. The van der Waals surface area contributed by atoms with Crippen LogP contribution in [0.3, 0.4) is 0 Å². The summed E-state index contributed by atoms with van der Waals surface area (Å²) in [4.78, 5) is 11.9. The molecule has 6 heteroatoms. The number of hydrogen-bond donors (Lipinski definition) is 2. The summed E-state index contributed by atoms with van der Waals surface area (Å²) in [5.74, 6) is -0.602. The predicted octanol–water partition coefficient (Wildman–Crippen LogP) is 3.43. The second-order valence-electron chi connectivity index (χ2n) is 4.66. The van der Waals surface area contributed by atoms with Gasteiger partial charge in [-0.25, -0.2) is 9.82 Å². The first-order valence-corrected chi connectivity index (χ1v) is 7.03. The molecular weight excluding hydrogens is 305 g/mol. The van der Waals surface area contributed by atoms with E-state index >= 15 is 0 Å². The third kappa shape index (κ3) is 4.86. The zero-order chi connectivity index (χ0) is 15.9. The Labute approximate surface area is 133 Å². The van der Waals surface area contributed by atoms with Gasteiger partial charge in [-0.15, -0.1) is 0 Å². The van der Waals surface area contributed by atoms with Crippen LogP contribution in [-0.4, -0.2) is 18.2 Å². The predicted molar refractivity (Wildman–Crippen MR) is 86.7 cm³/mol. The van der Waals surface area contributed by atoms with Crippen LogP contribution in [0.2, 0.25) is 5.02 Å². The number of nitrogens with one attached hydrogen (secondary N) is 2. The van der Waals surface area contributed by atoms with Gasteiger partial charge in [-0.1, -0.05) is 23.7 Å². The number of anilines is 1. The summed E-state index contributed by atoms with van der Waals surface area (Å²) in [6.45, 7) is 1.72. The average molecular weight is 320 g/mol. The molecule has 0 aliphatic rings.